The van der Waals surface area contributed by atoms with Crippen LogP contribution in [-0.2, 0) is 0 Å². The van der Waals surface area contributed by atoms with E-state index < -0.39 is 16.4 Å². The fourth-order valence-corrected chi connectivity index (χ4v) is 1.81. The van der Waals surface area contributed by atoms with Crippen LogP contribution in [0.4, 0.5) is 5.69 Å². The van der Waals surface area contributed by atoms with Crippen molar-refractivity contribution in [3.8, 4) is 5.75 Å². The normalized spacial score (nSPS) is 10.8. The average Bonchev–Trinajstić information content (AvgIpc) is 2.31. The number of aromatic hydroxyl groups is 1. The van der Waals surface area contributed by atoms with E-state index in [0.29, 0.717) is 5.11 Å². The summed E-state index contributed by atoms with van der Waals surface area (Å²) in [5, 5.41) is 27.5. The summed E-state index contributed by atoms with van der Waals surface area (Å²) in [7, 11) is 0. The van der Waals surface area contributed by atoms with Crippen LogP contribution in [-0.4, -0.2) is 27.4 Å². The van der Waals surface area contributed by atoms with Crippen LogP contribution in [0.3, 0.4) is 0 Å². The molecule has 7 nitrogen and oxygen atoms in total. The van der Waals surface area contributed by atoms with Gasteiger partial charge in [-0.05, 0) is 32.1 Å². The molecule has 0 atom stereocenters. The van der Waals surface area contributed by atoms with Crippen molar-refractivity contribution in [1.29, 1.82) is 0 Å². The molecule has 1 aromatic carbocycles. The molecular formula is C11H13ClN4O3S. The number of phenolic OH excluding ortho intramolecular Hbond substituents is 1. The summed E-state index contributed by atoms with van der Waals surface area (Å²) in [4.78, 5) is 10.0. The van der Waals surface area contributed by atoms with Crippen molar-refractivity contribution in [1.82, 2.24) is 10.7 Å². The van der Waals surface area contributed by atoms with E-state index >= 15 is 0 Å². The zero-order chi connectivity index (χ0) is 15.3. The Kier molecular flexibility index (Phi) is 5.66. The third kappa shape index (κ3) is 4.63. The molecule has 108 valence electrons. The van der Waals surface area contributed by atoms with Crippen LogP contribution < -0.4 is 10.7 Å². The highest BCUT2D eigenvalue weighted by Crippen LogP contribution is 2.32. The summed E-state index contributed by atoms with van der Waals surface area (Å²) in [5.74, 6) is -0.507. The molecule has 0 saturated carbocycles. The lowest BCUT2D eigenvalue weighted by Crippen LogP contribution is -2.36. The summed E-state index contributed by atoms with van der Waals surface area (Å²) in [6.07, 6.45) is 1.20. The number of nitro benzene ring substituents is 1. The van der Waals surface area contributed by atoms with Crippen molar-refractivity contribution in [2.24, 2.45) is 5.10 Å². The van der Waals surface area contributed by atoms with E-state index in [9.17, 15) is 15.2 Å². The maximum atomic E-state index is 10.7. The monoisotopic (exact) mass is 316 g/mol. The number of benzene rings is 1. The third-order valence-electron chi connectivity index (χ3n) is 2.07. The first-order valence-electron chi connectivity index (χ1n) is 5.57. The minimum absolute atomic E-state index is 0.115. The average molecular weight is 317 g/mol. The first-order valence-corrected chi connectivity index (χ1v) is 6.36. The zero-order valence-corrected chi connectivity index (χ0v) is 12.3. The Morgan fingerprint density at radius 2 is 2.25 bits per heavy atom. The van der Waals surface area contributed by atoms with E-state index in [4.69, 9.17) is 23.8 Å². The second-order valence-electron chi connectivity index (χ2n) is 4.12. The number of thiocarbonyl (C=S) groups is 1. The van der Waals surface area contributed by atoms with Gasteiger partial charge < -0.3 is 10.4 Å². The largest absolute Gasteiger partial charge is 0.502 e. The molecule has 0 amide bonds. The molecule has 0 bridgehead atoms. The standard InChI is InChI=1S/C11H13ClN4O3S/c1-6(2)14-11(20)15-13-5-7-3-8(12)4-9(10(7)17)16(18)19/h3-6,17H,1-2H3,(H2,14,15,20)/b13-5+. The van der Waals surface area contributed by atoms with Crippen LogP contribution >= 0.6 is 23.8 Å². The molecule has 3 N–H and O–H groups in total. The van der Waals surface area contributed by atoms with Gasteiger partial charge in [-0.15, -0.1) is 0 Å². The predicted molar refractivity (Wildman–Crippen MR) is 81.4 cm³/mol. The summed E-state index contributed by atoms with van der Waals surface area (Å²) < 4.78 is 0. The number of hydrazone groups is 1. The van der Waals surface area contributed by atoms with Crippen LogP contribution in [0.1, 0.15) is 19.4 Å². The Hall–Kier alpha value is -1.93. The van der Waals surface area contributed by atoms with E-state index in [1.165, 1.54) is 12.3 Å². The van der Waals surface area contributed by atoms with E-state index in [1.54, 1.807) is 0 Å². The maximum Gasteiger partial charge on any atom is 0.312 e. The molecular weight excluding hydrogens is 304 g/mol. The van der Waals surface area contributed by atoms with Gasteiger partial charge in [-0.3, -0.25) is 15.5 Å². The quantitative estimate of drug-likeness (QED) is 0.341. The fourth-order valence-electron chi connectivity index (χ4n) is 1.30. The van der Waals surface area contributed by atoms with Gasteiger partial charge in [0.25, 0.3) is 0 Å². The molecule has 0 aliphatic heterocycles. The zero-order valence-electron chi connectivity index (χ0n) is 10.8. The smallest absolute Gasteiger partial charge is 0.312 e. The number of phenols is 1. The summed E-state index contributed by atoms with van der Waals surface area (Å²) in [5.41, 5.74) is 2.15. The summed E-state index contributed by atoms with van der Waals surface area (Å²) in [6.45, 7) is 3.81. The van der Waals surface area contributed by atoms with Crippen molar-refractivity contribution in [3.05, 3.63) is 32.8 Å². The Labute approximate surface area is 125 Å². The van der Waals surface area contributed by atoms with Crippen LogP contribution in [0.2, 0.25) is 5.02 Å². The van der Waals surface area contributed by atoms with Crippen molar-refractivity contribution >= 4 is 40.8 Å². The van der Waals surface area contributed by atoms with Gasteiger partial charge in [0, 0.05) is 22.7 Å². The van der Waals surface area contributed by atoms with Gasteiger partial charge in [0.2, 0.25) is 5.75 Å². The summed E-state index contributed by atoms with van der Waals surface area (Å²) >= 11 is 10.7. The molecule has 0 heterocycles. The van der Waals surface area contributed by atoms with E-state index in [-0.39, 0.29) is 16.6 Å². The second kappa shape index (κ2) is 7.01. The number of nitrogens with zero attached hydrogens (tertiary/aromatic N) is 2. The molecule has 0 spiro atoms. The molecule has 0 fully saturated rings. The molecule has 0 aliphatic carbocycles. The highest BCUT2D eigenvalue weighted by atomic mass is 35.5. The molecule has 0 aromatic heterocycles. The van der Waals surface area contributed by atoms with Crippen LogP contribution in [0.25, 0.3) is 0 Å². The maximum absolute atomic E-state index is 10.7. The van der Waals surface area contributed by atoms with Crippen LogP contribution in [0.5, 0.6) is 5.75 Å². The molecule has 9 heteroatoms. The highest BCUT2D eigenvalue weighted by molar-refractivity contribution is 7.80. The molecule has 0 radical (unpaired) electrons. The SMILES string of the molecule is CC(C)NC(=S)N/N=C/c1cc(Cl)cc([N+](=O)[O-])c1O. The first-order chi connectivity index (χ1) is 9.31. The number of nitro groups is 1. The van der Waals surface area contributed by atoms with Gasteiger partial charge in [-0.1, -0.05) is 11.6 Å². The minimum Gasteiger partial charge on any atom is -0.502 e. The molecule has 0 unspecified atom stereocenters. The van der Waals surface area contributed by atoms with Crippen molar-refractivity contribution in [3.63, 3.8) is 0 Å². The van der Waals surface area contributed by atoms with Gasteiger partial charge in [0.1, 0.15) is 0 Å². The van der Waals surface area contributed by atoms with Gasteiger partial charge in [0.05, 0.1) is 11.1 Å². The summed E-state index contributed by atoms with van der Waals surface area (Å²) in [6, 6.07) is 2.56. The van der Waals surface area contributed by atoms with Crippen LogP contribution in [0.15, 0.2) is 17.2 Å². The van der Waals surface area contributed by atoms with Crippen molar-refractivity contribution in [2.75, 3.05) is 0 Å². The lowest BCUT2D eigenvalue weighted by molar-refractivity contribution is -0.385. The van der Waals surface area contributed by atoms with E-state index in [2.05, 4.69) is 15.8 Å². The van der Waals surface area contributed by atoms with E-state index in [0.717, 1.165) is 6.07 Å². The molecule has 0 aliphatic rings. The van der Waals surface area contributed by atoms with Gasteiger partial charge in [-0.25, -0.2) is 0 Å². The first kappa shape index (κ1) is 16.1. The lowest BCUT2D eigenvalue weighted by atomic mass is 10.2. The van der Waals surface area contributed by atoms with Gasteiger partial charge in [0.15, 0.2) is 5.11 Å². The highest BCUT2D eigenvalue weighted by Gasteiger charge is 2.17. The number of hydrogen-bond acceptors (Lipinski definition) is 5. The fraction of sp³-hybridized carbons (Fsp3) is 0.273. The van der Waals surface area contributed by atoms with Gasteiger partial charge in [-0.2, -0.15) is 5.10 Å². The Balaban J connectivity index is 2.87. The Morgan fingerprint density at radius 1 is 1.60 bits per heavy atom. The molecule has 1 rings (SSSR count). The topological polar surface area (TPSA) is 99.8 Å². The minimum atomic E-state index is -0.725. The van der Waals surface area contributed by atoms with Crippen molar-refractivity contribution < 1.29 is 10.0 Å². The van der Waals surface area contributed by atoms with Crippen molar-refractivity contribution in [2.45, 2.75) is 19.9 Å². The number of nitrogens with one attached hydrogen (secondary N) is 2. The predicted octanol–water partition coefficient (Wildman–Crippen LogP) is 2.16. The molecule has 0 saturated heterocycles. The Morgan fingerprint density at radius 3 is 2.80 bits per heavy atom. The van der Waals surface area contributed by atoms with E-state index in [1.807, 2.05) is 13.8 Å². The second-order valence-corrected chi connectivity index (χ2v) is 4.96. The molecule has 20 heavy (non-hydrogen) atoms. The van der Waals surface area contributed by atoms with Crippen LogP contribution in [0, 0.1) is 10.1 Å². The third-order valence-corrected chi connectivity index (χ3v) is 2.50. The molecule has 1 aromatic rings. The number of hydrogen-bond donors (Lipinski definition) is 3. The van der Waals surface area contributed by atoms with Gasteiger partial charge >= 0.3 is 5.69 Å². The lowest BCUT2D eigenvalue weighted by Gasteiger charge is -2.09. The number of rotatable bonds is 4. The number of halogens is 1. The Bertz CT molecular complexity index is 563.